The standard InChI is InChI=1S/C20H38O4.2H3N/c1-2-18(15-11-9-13-17-20(23)24)14-10-7-5-3-4-6-8-12-16-19(21)22;;/h18H,2-17H2,1H3,(H,21,22)(H,23,24);2*1H3. The second-order valence-electron chi connectivity index (χ2n) is 7.03. The molecule has 26 heavy (non-hydrogen) atoms. The maximum Gasteiger partial charge on any atom is 0.303 e. The zero-order chi connectivity index (χ0) is 18.0. The summed E-state index contributed by atoms with van der Waals surface area (Å²) in [6.45, 7) is 2.26. The quantitative estimate of drug-likeness (QED) is 0.205. The predicted octanol–water partition coefficient (Wildman–Crippen LogP) is 6.36. The maximum absolute atomic E-state index is 10.5. The van der Waals surface area contributed by atoms with Crippen molar-refractivity contribution in [3.05, 3.63) is 0 Å². The minimum Gasteiger partial charge on any atom is -0.481 e. The Balaban J connectivity index is -0.00000264. The van der Waals surface area contributed by atoms with E-state index in [1.54, 1.807) is 0 Å². The van der Waals surface area contributed by atoms with E-state index in [-0.39, 0.29) is 12.3 Å². The van der Waals surface area contributed by atoms with Gasteiger partial charge in [0.1, 0.15) is 0 Å². The van der Waals surface area contributed by atoms with Crippen molar-refractivity contribution in [3.63, 3.8) is 0 Å². The van der Waals surface area contributed by atoms with Gasteiger partial charge in [0.25, 0.3) is 0 Å². The van der Waals surface area contributed by atoms with E-state index in [1.807, 2.05) is 0 Å². The molecule has 0 saturated heterocycles. The van der Waals surface area contributed by atoms with Crippen molar-refractivity contribution in [2.75, 3.05) is 0 Å². The number of rotatable bonds is 18. The lowest BCUT2D eigenvalue weighted by Gasteiger charge is -2.14. The molecule has 0 rings (SSSR count). The van der Waals surface area contributed by atoms with Gasteiger partial charge in [-0.2, -0.15) is 0 Å². The fourth-order valence-corrected chi connectivity index (χ4v) is 3.21. The Hall–Kier alpha value is -1.14. The van der Waals surface area contributed by atoms with Crippen molar-refractivity contribution in [1.29, 1.82) is 0 Å². The summed E-state index contributed by atoms with van der Waals surface area (Å²) in [5.41, 5.74) is 0. The monoisotopic (exact) mass is 376 g/mol. The third-order valence-corrected chi connectivity index (χ3v) is 4.83. The topological polar surface area (TPSA) is 145 Å². The molecule has 158 valence electrons. The van der Waals surface area contributed by atoms with Crippen molar-refractivity contribution >= 4 is 11.9 Å². The predicted molar refractivity (Wildman–Crippen MR) is 108 cm³/mol. The van der Waals surface area contributed by atoms with Crippen molar-refractivity contribution in [1.82, 2.24) is 12.3 Å². The Labute approximate surface area is 160 Å². The van der Waals surface area contributed by atoms with Crippen molar-refractivity contribution in [2.24, 2.45) is 5.92 Å². The highest BCUT2D eigenvalue weighted by Gasteiger charge is 2.06. The van der Waals surface area contributed by atoms with Gasteiger partial charge >= 0.3 is 11.9 Å². The number of carbonyl (C=O) groups is 2. The summed E-state index contributed by atoms with van der Waals surface area (Å²) in [6.07, 6.45) is 16.9. The molecule has 1 unspecified atom stereocenters. The van der Waals surface area contributed by atoms with Crippen molar-refractivity contribution in [2.45, 2.75) is 110 Å². The van der Waals surface area contributed by atoms with Gasteiger partial charge in [0.15, 0.2) is 0 Å². The molecule has 0 amide bonds. The van der Waals surface area contributed by atoms with Gasteiger partial charge in [0.2, 0.25) is 0 Å². The third kappa shape index (κ3) is 22.9. The molecule has 0 aromatic rings. The summed E-state index contributed by atoms with van der Waals surface area (Å²) in [5.74, 6) is -0.544. The van der Waals surface area contributed by atoms with Gasteiger partial charge in [-0.1, -0.05) is 84.0 Å². The normalized spacial score (nSPS) is 11.3. The molecule has 0 bridgehead atoms. The van der Waals surface area contributed by atoms with E-state index in [1.165, 1.54) is 64.2 Å². The van der Waals surface area contributed by atoms with Gasteiger partial charge in [0, 0.05) is 12.8 Å². The first-order valence-corrected chi connectivity index (χ1v) is 9.99. The molecule has 0 spiro atoms. The van der Waals surface area contributed by atoms with Crippen LogP contribution in [0.2, 0.25) is 0 Å². The number of hydrogen-bond donors (Lipinski definition) is 4. The third-order valence-electron chi connectivity index (χ3n) is 4.83. The van der Waals surface area contributed by atoms with E-state index in [0.717, 1.165) is 31.6 Å². The van der Waals surface area contributed by atoms with E-state index in [2.05, 4.69) is 6.92 Å². The van der Waals surface area contributed by atoms with Crippen LogP contribution in [-0.4, -0.2) is 22.2 Å². The molecule has 8 N–H and O–H groups in total. The van der Waals surface area contributed by atoms with Gasteiger partial charge in [-0.25, -0.2) is 0 Å². The van der Waals surface area contributed by atoms with E-state index >= 15 is 0 Å². The smallest absolute Gasteiger partial charge is 0.303 e. The molecular formula is C20H44N2O4. The van der Waals surface area contributed by atoms with Crippen LogP contribution >= 0.6 is 0 Å². The number of unbranched alkanes of at least 4 members (excludes halogenated alkanes) is 9. The highest BCUT2D eigenvalue weighted by atomic mass is 16.4. The summed E-state index contributed by atoms with van der Waals surface area (Å²) in [5, 5.41) is 17.2. The molecule has 0 radical (unpaired) electrons. The van der Waals surface area contributed by atoms with Gasteiger partial charge in [-0.05, 0) is 18.8 Å². The molecule has 0 aromatic carbocycles. The second kappa shape index (κ2) is 21.9. The van der Waals surface area contributed by atoms with Crippen LogP contribution in [-0.2, 0) is 9.59 Å². The molecule has 0 saturated carbocycles. The maximum atomic E-state index is 10.5. The Morgan fingerprint density at radius 2 is 0.923 bits per heavy atom. The molecule has 0 heterocycles. The first-order valence-electron chi connectivity index (χ1n) is 9.99. The van der Waals surface area contributed by atoms with E-state index in [9.17, 15) is 9.59 Å². The summed E-state index contributed by atoms with van der Waals surface area (Å²) < 4.78 is 0. The van der Waals surface area contributed by atoms with E-state index in [4.69, 9.17) is 10.2 Å². The lowest BCUT2D eigenvalue weighted by atomic mass is 9.92. The Morgan fingerprint density at radius 3 is 1.27 bits per heavy atom. The molecule has 0 aliphatic heterocycles. The average molecular weight is 377 g/mol. The van der Waals surface area contributed by atoms with E-state index in [0.29, 0.717) is 12.8 Å². The Kier molecular flexibility index (Phi) is 24.9. The lowest BCUT2D eigenvalue weighted by molar-refractivity contribution is -0.138. The largest absolute Gasteiger partial charge is 0.481 e. The Morgan fingerprint density at radius 1 is 0.615 bits per heavy atom. The molecule has 0 aliphatic rings. The first-order chi connectivity index (χ1) is 11.6. The second-order valence-corrected chi connectivity index (χ2v) is 7.03. The van der Waals surface area contributed by atoms with Crippen LogP contribution in [0.3, 0.4) is 0 Å². The lowest BCUT2D eigenvalue weighted by Crippen LogP contribution is -2.00. The van der Waals surface area contributed by atoms with Crippen molar-refractivity contribution < 1.29 is 19.8 Å². The van der Waals surface area contributed by atoms with Gasteiger partial charge < -0.3 is 22.5 Å². The molecule has 1 atom stereocenters. The minimum atomic E-state index is -0.678. The molecule has 0 aliphatic carbocycles. The van der Waals surface area contributed by atoms with E-state index < -0.39 is 11.9 Å². The summed E-state index contributed by atoms with van der Waals surface area (Å²) in [4.78, 5) is 20.8. The zero-order valence-electron chi connectivity index (χ0n) is 17.0. The first kappa shape index (κ1) is 29.6. The minimum absolute atomic E-state index is 0. The molecule has 0 aromatic heterocycles. The number of carboxylic acids is 2. The van der Waals surface area contributed by atoms with Crippen LogP contribution in [0.1, 0.15) is 110 Å². The summed E-state index contributed by atoms with van der Waals surface area (Å²) >= 11 is 0. The number of carboxylic acid groups (broad SMARTS) is 2. The van der Waals surface area contributed by atoms with Crippen LogP contribution < -0.4 is 12.3 Å². The van der Waals surface area contributed by atoms with Gasteiger partial charge in [-0.3, -0.25) is 9.59 Å². The van der Waals surface area contributed by atoms with Crippen LogP contribution in [0.15, 0.2) is 0 Å². The molecular weight excluding hydrogens is 332 g/mol. The van der Waals surface area contributed by atoms with Crippen LogP contribution in [0.25, 0.3) is 0 Å². The molecule has 0 fully saturated rings. The average Bonchev–Trinajstić information content (AvgIpc) is 2.53. The summed E-state index contributed by atoms with van der Waals surface area (Å²) in [6, 6.07) is 0. The van der Waals surface area contributed by atoms with Gasteiger partial charge in [-0.15, -0.1) is 0 Å². The number of hydrogen-bond acceptors (Lipinski definition) is 4. The zero-order valence-corrected chi connectivity index (χ0v) is 17.0. The SMILES string of the molecule is CCC(CCCCCCCCCCC(=O)O)CCCCCC(=O)O.N.N. The van der Waals surface area contributed by atoms with Crippen molar-refractivity contribution in [3.8, 4) is 0 Å². The highest BCUT2D eigenvalue weighted by molar-refractivity contribution is 5.66. The van der Waals surface area contributed by atoms with Crippen LogP contribution in [0, 0.1) is 5.92 Å². The summed E-state index contributed by atoms with van der Waals surface area (Å²) in [7, 11) is 0. The molecule has 6 heteroatoms. The van der Waals surface area contributed by atoms with Crippen LogP contribution in [0.4, 0.5) is 0 Å². The molecule has 6 nitrogen and oxygen atoms in total. The fraction of sp³-hybridized carbons (Fsp3) is 0.900. The highest BCUT2D eigenvalue weighted by Crippen LogP contribution is 2.21. The van der Waals surface area contributed by atoms with Crippen LogP contribution in [0.5, 0.6) is 0 Å². The van der Waals surface area contributed by atoms with Gasteiger partial charge in [0.05, 0.1) is 0 Å². The number of aliphatic carboxylic acids is 2. The Bertz CT molecular complexity index is 325. The fourth-order valence-electron chi connectivity index (χ4n) is 3.21.